The van der Waals surface area contributed by atoms with Gasteiger partial charge in [-0.05, 0) is 12.5 Å². The van der Waals surface area contributed by atoms with Gasteiger partial charge in [-0.3, -0.25) is 4.79 Å². The molecule has 1 aromatic carbocycles. The maximum Gasteiger partial charge on any atom is 0.246 e. The van der Waals surface area contributed by atoms with Gasteiger partial charge in [0.2, 0.25) is 11.0 Å². The highest BCUT2D eigenvalue weighted by molar-refractivity contribution is 7.15. The Balaban J connectivity index is 1.73. The second kappa shape index (κ2) is 6.97. The van der Waals surface area contributed by atoms with Crippen molar-refractivity contribution in [1.29, 1.82) is 0 Å². The van der Waals surface area contributed by atoms with E-state index in [-0.39, 0.29) is 18.6 Å². The topological polar surface area (TPSA) is 90.1 Å². The zero-order chi connectivity index (χ0) is 14.4. The Hall–Kier alpha value is -1.99. The molecule has 1 heterocycles. The average Bonchev–Trinajstić information content (AvgIpc) is 2.87. The van der Waals surface area contributed by atoms with Gasteiger partial charge in [-0.25, -0.2) is 0 Å². The van der Waals surface area contributed by atoms with Gasteiger partial charge in [0.15, 0.2) is 0 Å². The van der Waals surface area contributed by atoms with Gasteiger partial charge >= 0.3 is 0 Å². The van der Waals surface area contributed by atoms with Gasteiger partial charge < -0.3 is 15.8 Å². The quantitative estimate of drug-likeness (QED) is 0.842. The fourth-order valence-electron chi connectivity index (χ4n) is 1.60. The van der Waals surface area contributed by atoms with Crippen LogP contribution in [-0.4, -0.2) is 22.7 Å². The number of nitrogen functional groups attached to an aromatic ring is 1. The summed E-state index contributed by atoms with van der Waals surface area (Å²) < 4.78 is 5.35. The van der Waals surface area contributed by atoms with Crippen molar-refractivity contribution in [3.63, 3.8) is 0 Å². The third-order valence-corrected chi connectivity index (χ3v) is 3.48. The summed E-state index contributed by atoms with van der Waals surface area (Å²) in [4.78, 5) is 11.7. The highest BCUT2D eigenvalue weighted by Gasteiger charge is 2.13. The van der Waals surface area contributed by atoms with E-state index in [1.54, 1.807) is 0 Å². The number of carbonyl (C=O) groups excluding carboxylic acids is 1. The molecular formula is C13H16N4O2S. The highest BCUT2D eigenvalue weighted by Crippen LogP contribution is 2.18. The number of hydrogen-bond donors (Lipinski definition) is 2. The molecular weight excluding hydrogens is 276 g/mol. The van der Waals surface area contributed by atoms with E-state index in [2.05, 4.69) is 15.5 Å². The van der Waals surface area contributed by atoms with E-state index < -0.39 is 0 Å². The molecule has 6 nitrogen and oxygen atoms in total. The summed E-state index contributed by atoms with van der Waals surface area (Å²) in [5.74, 6) is -0.192. The first-order valence-electron chi connectivity index (χ1n) is 6.15. The lowest BCUT2D eigenvalue weighted by atomic mass is 10.2. The number of ether oxygens (including phenoxy) is 1. The third-order valence-electron chi connectivity index (χ3n) is 2.55. The van der Waals surface area contributed by atoms with Crippen LogP contribution in [0.5, 0.6) is 0 Å². The number of rotatable bonds is 6. The van der Waals surface area contributed by atoms with Crippen LogP contribution in [-0.2, 0) is 16.1 Å². The monoisotopic (exact) mass is 292 g/mol. The molecule has 0 spiro atoms. The number of amides is 1. The molecule has 1 amide bonds. The Bertz CT molecular complexity index is 559. The predicted octanol–water partition coefficient (Wildman–Crippen LogP) is 1.51. The van der Waals surface area contributed by atoms with Crippen LogP contribution in [0.1, 0.15) is 23.5 Å². The SMILES string of the molecule is CC(NC(=O)COCc1ccccc1)c1nnc(N)s1. The van der Waals surface area contributed by atoms with Crippen molar-refractivity contribution >= 4 is 22.4 Å². The van der Waals surface area contributed by atoms with Gasteiger partial charge in [-0.2, -0.15) is 0 Å². The number of nitrogens with zero attached hydrogens (tertiary/aromatic N) is 2. The minimum Gasteiger partial charge on any atom is -0.374 e. The van der Waals surface area contributed by atoms with E-state index >= 15 is 0 Å². The Morgan fingerprint density at radius 3 is 2.80 bits per heavy atom. The van der Waals surface area contributed by atoms with E-state index in [9.17, 15) is 4.79 Å². The molecule has 2 aromatic rings. The molecule has 20 heavy (non-hydrogen) atoms. The highest BCUT2D eigenvalue weighted by atomic mass is 32.1. The van der Waals surface area contributed by atoms with Crippen molar-refractivity contribution in [3.05, 3.63) is 40.9 Å². The number of aromatic nitrogens is 2. The minimum absolute atomic E-state index is 0.00746. The predicted molar refractivity (Wildman–Crippen MR) is 77.0 cm³/mol. The first-order valence-corrected chi connectivity index (χ1v) is 6.96. The van der Waals surface area contributed by atoms with Crippen LogP contribution in [0.2, 0.25) is 0 Å². The number of nitrogens with two attached hydrogens (primary N) is 1. The first kappa shape index (κ1) is 14.4. The zero-order valence-corrected chi connectivity index (χ0v) is 11.9. The lowest BCUT2D eigenvalue weighted by molar-refractivity contribution is -0.126. The number of carbonyl (C=O) groups is 1. The van der Waals surface area contributed by atoms with Crippen LogP contribution in [0.25, 0.3) is 0 Å². The molecule has 1 atom stereocenters. The van der Waals surface area contributed by atoms with Crippen molar-refractivity contribution in [2.24, 2.45) is 0 Å². The maximum atomic E-state index is 11.7. The summed E-state index contributed by atoms with van der Waals surface area (Å²) >= 11 is 1.26. The van der Waals surface area contributed by atoms with Crippen LogP contribution < -0.4 is 11.1 Å². The summed E-state index contributed by atoms with van der Waals surface area (Å²) in [6, 6.07) is 9.47. The molecule has 0 saturated carbocycles. The molecule has 0 bridgehead atoms. The Morgan fingerprint density at radius 2 is 2.15 bits per heavy atom. The van der Waals surface area contributed by atoms with E-state index in [1.165, 1.54) is 11.3 Å². The Morgan fingerprint density at radius 1 is 1.40 bits per heavy atom. The standard InChI is InChI=1S/C13H16N4O2S/c1-9(12-16-17-13(14)20-12)15-11(18)8-19-7-10-5-3-2-4-6-10/h2-6,9H,7-8H2,1H3,(H2,14,17)(H,15,18). The molecule has 0 aliphatic carbocycles. The van der Waals surface area contributed by atoms with Gasteiger partial charge in [0.25, 0.3) is 0 Å². The maximum absolute atomic E-state index is 11.7. The normalized spacial score (nSPS) is 12.1. The third kappa shape index (κ3) is 4.29. The van der Waals surface area contributed by atoms with Crippen LogP contribution in [0.3, 0.4) is 0 Å². The molecule has 0 radical (unpaired) electrons. The molecule has 2 rings (SSSR count). The summed E-state index contributed by atoms with van der Waals surface area (Å²) in [5.41, 5.74) is 6.53. The molecule has 3 N–H and O–H groups in total. The molecule has 106 valence electrons. The lowest BCUT2D eigenvalue weighted by Crippen LogP contribution is -2.30. The van der Waals surface area contributed by atoms with Crippen molar-refractivity contribution in [3.8, 4) is 0 Å². The minimum atomic E-state index is -0.224. The Labute approximate surface area is 121 Å². The van der Waals surface area contributed by atoms with Gasteiger partial charge in [0, 0.05) is 0 Å². The largest absolute Gasteiger partial charge is 0.374 e. The molecule has 0 aliphatic rings. The molecule has 0 fully saturated rings. The van der Waals surface area contributed by atoms with E-state index in [0.29, 0.717) is 16.7 Å². The summed E-state index contributed by atoms with van der Waals surface area (Å²) in [7, 11) is 0. The molecule has 0 aliphatic heterocycles. The van der Waals surface area contributed by atoms with Gasteiger partial charge in [-0.15, -0.1) is 10.2 Å². The van der Waals surface area contributed by atoms with Crippen molar-refractivity contribution < 1.29 is 9.53 Å². The molecule has 1 unspecified atom stereocenters. The van der Waals surface area contributed by atoms with E-state index in [4.69, 9.17) is 10.5 Å². The van der Waals surface area contributed by atoms with Gasteiger partial charge in [0.05, 0.1) is 12.6 Å². The first-order chi connectivity index (χ1) is 9.65. The summed E-state index contributed by atoms with van der Waals surface area (Å²) in [6.45, 7) is 2.25. The summed E-state index contributed by atoms with van der Waals surface area (Å²) in [6.07, 6.45) is 0. The lowest BCUT2D eigenvalue weighted by Gasteiger charge is -2.10. The average molecular weight is 292 g/mol. The summed E-state index contributed by atoms with van der Waals surface area (Å²) in [5, 5.41) is 11.4. The van der Waals surface area contributed by atoms with Crippen molar-refractivity contribution in [1.82, 2.24) is 15.5 Å². The number of nitrogens with one attached hydrogen (secondary N) is 1. The number of anilines is 1. The second-order valence-corrected chi connectivity index (χ2v) is 5.29. The zero-order valence-electron chi connectivity index (χ0n) is 11.1. The van der Waals surface area contributed by atoms with Crippen LogP contribution in [0, 0.1) is 0 Å². The number of hydrogen-bond acceptors (Lipinski definition) is 6. The number of benzene rings is 1. The van der Waals surface area contributed by atoms with Gasteiger partial charge in [-0.1, -0.05) is 41.7 Å². The second-order valence-electron chi connectivity index (χ2n) is 4.25. The van der Waals surface area contributed by atoms with Crippen LogP contribution in [0.4, 0.5) is 5.13 Å². The molecule has 1 aromatic heterocycles. The van der Waals surface area contributed by atoms with Crippen LogP contribution in [0.15, 0.2) is 30.3 Å². The van der Waals surface area contributed by atoms with E-state index in [0.717, 1.165) is 5.56 Å². The Kier molecular flexibility index (Phi) is 5.03. The fraction of sp³-hybridized carbons (Fsp3) is 0.308. The molecule has 0 saturated heterocycles. The van der Waals surface area contributed by atoms with E-state index in [1.807, 2.05) is 37.3 Å². The van der Waals surface area contributed by atoms with Crippen molar-refractivity contribution in [2.45, 2.75) is 19.6 Å². The van der Waals surface area contributed by atoms with Crippen LogP contribution >= 0.6 is 11.3 Å². The fourth-order valence-corrected chi connectivity index (χ4v) is 2.22. The van der Waals surface area contributed by atoms with Gasteiger partial charge in [0.1, 0.15) is 11.6 Å². The molecule has 7 heteroatoms. The van der Waals surface area contributed by atoms with Crippen molar-refractivity contribution in [2.75, 3.05) is 12.3 Å². The smallest absolute Gasteiger partial charge is 0.246 e.